The van der Waals surface area contributed by atoms with E-state index >= 15 is 4.39 Å². The van der Waals surface area contributed by atoms with Gasteiger partial charge in [0.25, 0.3) is 0 Å². The first-order valence-corrected chi connectivity index (χ1v) is 19.2. The number of benzene rings is 1. The van der Waals surface area contributed by atoms with Crippen LogP contribution in [0.25, 0.3) is 0 Å². The summed E-state index contributed by atoms with van der Waals surface area (Å²) >= 11 is 0. The topological polar surface area (TPSA) is 217 Å². The van der Waals surface area contributed by atoms with Gasteiger partial charge in [-0.25, -0.2) is 14.0 Å². The molecule has 1 aromatic carbocycles. The highest BCUT2D eigenvalue weighted by atomic mass is 19.1. The molecule has 0 bridgehead atoms. The normalized spacial score (nSPS) is 33.9. The Hall–Kier alpha value is -4.10. The number of carbonyl (C=O) groups excluding carboxylic acids is 5. The van der Waals surface area contributed by atoms with E-state index in [-0.39, 0.29) is 44.0 Å². The Bertz CT molecular complexity index is 1820. The lowest BCUT2D eigenvalue weighted by Gasteiger charge is -2.62. The predicted octanol–water partition coefficient (Wildman–Crippen LogP) is 4.02. The molecule has 1 aromatic rings. The fourth-order valence-corrected chi connectivity index (χ4v) is 10.2. The molecule has 4 aliphatic carbocycles. The number of esters is 1. The van der Waals surface area contributed by atoms with Gasteiger partial charge in [0.2, 0.25) is 11.7 Å². The molecule has 1 saturated heterocycles. The highest BCUT2D eigenvalue weighted by Gasteiger charge is 2.80. The van der Waals surface area contributed by atoms with Crippen molar-refractivity contribution in [3.63, 3.8) is 0 Å². The molecular formula is C40H51FN2O14. The van der Waals surface area contributed by atoms with Crippen molar-refractivity contribution in [3.05, 3.63) is 53.6 Å². The number of amides is 1. The maximum absolute atomic E-state index is 17.7. The number of halogens is 1. The van der Waals surface area contributed by atoms with Crippen molar-refractivity contribution >= 4 is 29.6 Å². The summed E-state index contributed by atoms with van der Waals surface area (Å²) in [6.45, 7) is 7.37. The lowest BCUT2D eigenvalue weighted by atomic mass is 9.44. The van der Waals surface area contributed by atoms with Crippen molar-refractivity contribution < 1.29 is 72.4 Å². The van der Waals surface area contributed by atoms with E-state index in [0.29, 0.717) is 36.8 Å². The molecule has 0 spiro atoms. The largest absolute Gasteiger partial charge is 0.514 e. The van der Waals surface area contributed by atoms with E-state index < -0.39 is 93.8 Å². The Balaban J connectivity index is 1.09. The maximum Gasteiger partial charge on any atom is 0.514 e. The second kappa shape index (κ2) is 15.9. The first kappa shape index (κ1) is 42.5. The van der Waals surface area contributed by atoms with E-state index in [2.05, 4.69) is 10.2 Å². The third-order valence-electron chi connectivity index (χ3n) is 12.6. The van der Waals surface area contributed by atoms with E-state index in [9.17, 15) is 29.1 Å². The molecule has 57 heavy (non-hydrogen) atoms. The van der Waals surface area contributed by atoms with Gasteiger partial charge in [-0.3, -0.25) is 29.6 Å². The van der Waals surface area contributed by atoms with Crippen LogP contribution in [0, 0.1) is 22.7 Å². The molecule has 4 N–H and O–H groups in total. The number of ketones is 2. The smallest absolute Gasteiger partial charge is 0.464 e. The minimum absolute atomic E-state index is 0.00572. The van der Waals surface area contributed by atoms with Gasteiger partial charge >= 0.3 is 12.1 Å². The van der Waals surface area contributed by atoms with Crippen molar-refractivity contribution in [1.29, 1.82) is 0 Å². The van der Waals surface area contributed by atoms with Crippen LogP contribution in [0.4, 0.5) is 9.18 Å². The number of aliphatic hydroxyl groups excluding tert-OH is 1. The van der Waals surface area contributed by atoms with Crippen LogP contribution in [0.15, 0.2) is 48.1 Å². The van der Waals surface area contributed by atoms with Crippen LogP contribution >= 0.6 is 0 Å². The summed E-state index contributed by atoms with van der Waals surface area (Å²) in [5, 5.41) is 31.0. The first-order valence-electron chi connectivity index (χ1n) is 19.2. The Labute approximate surface area is 329 Å². The highest BCUT2D eigenvalue weighted by Crippen LogP contribution is 2.72. The number of unbranched alkanes of at least 4 members (excludes halogenated alkanes) is 1. The van der Waals surface area contributed by atoms with Crippen LogP contribution < -0.4 is 10.1 Å². The molecule has 1 amide bonds. The second-order valence-corrected chi connectivity index (χ2v) is 16.5. The highest BCUT2D eigenvalue weighted by molar-refractivity contribution is 6.01. The minimum atomic E-state index is -2.12. The van der Waals surface area contributed by atoms with Gasteiger partial charge in [-0.05, 0) is 95.1 Å². The zero-order chi connectivity index (χ0) is 41.6. The fraction of sp³-hybridized carbons (Fsp3) is 0.625. The number of hydrogen-bond donors (Lipinski definition) is 4. The summed E-state index contributed by atoms with van der Waals surface area (Å²) in [7, 11) is 0. The Morgan fingerprint density at radius 1 is 1.04 bits per heavy atom. The molecule has 3 unspecified atom stereocenters. The number of alkyl halides is 1. The third kappa shape index (κ3) is 7.78. The summed E-state index contributed by atoms with van der Waals surface area (Å²) in [5.74, 6) is -4.24. The number of hydrogen-bond acceptors (Lipinski definition) is 15. The monoisotopic (exact) mass is 802 g/mol. The molecule has 0 aromatic heterocycles. The Morgan fingerprint density at radius 3 is 2.42 bits per heavy atom. The third-order valence-corrected chi connectivity index (χ3v) is 12.6. The number of ether oxygens (including phenoxy) is 5. The molecule has 5 aliphatic rings. The second-order valence-electron chi connectivity index (χ2n) is 16.5. The minimum Gasteiger partial charge on any atom is -0.464 e. The average molecular weight is 803 g/mol. The van der Waals surface area contributed by atoms with Crippen LogP contribution in [0.5, 0.6) is 5.75 Å². The zero-order valence-electron chi connectivity index (χ0n) is 32.7. The molecule has 3 saturated carbocycles. The molecule has 4 fully saturated rings. The lowest BCUT2D eigenvalue weighted by molar-refractivity contribution is -0.492. The summed E-state index contributed by atoms with van der Waals surface area (Å²) in [5.41, 5.74) is -4.89. The van der Waals surface area contributed by atoms with Gasteiger partial charge in [-0.1, -0.05) is 30.7 Å². The molecule has 0 radical (unpaired) electrons. The van der Waals surface area contributed by atoms with Gasteiger partial charge in [-0.15, -0.1) is 0 Å². The predicted molar refractivity (Wildman–Crippen MR) is 193 cm³/mol. The number of nitrogens with zero attached hydrogens (tertiary/aromatic N) is 1. The summed E-state index contributed by atoms with van der Waals surface area (Å²) in [4.78, 5) is 68.4. The summed E-state index contributed by atoms with van der Waals surface area (Å²) in [6, 6.07) is 5.02. The molecule has 6 rings (SSSR count). The van der Waals surface area contributed by atoms with Crippen molar-refractivity contribution in [3.8, 4) is 5.75 Å². The van der Waals surface area contributed by atoms with Crippen LogP contribution in [0.2, 0.25) is 0 Å². The number of rotatable bonds is 14. The van der Waals surface area contributed by atoms with Gasteiger partial charge in [0.05, 0.1) is 30.8 Å². The molecule has 1 aliphatic heterocycles. The Morgan fingerprint density at radius 2 is 1.74 bits per heavy atom. The standard InChI is InChI=1S/C40H51FN2O14/c1-23(44)42-30(34(48)52-16-6-7-17-54-43(50)51)18-24-8-11-27(12-9-24)55-35(49)53-22-32(47)40-33(56-36(2,3)57-40)20-29-28-13-10-25-19-26(45)14-15-37(25,4)39(28,41)31(46)21-38(29,40)5/h8-9,11-12,14-15,19,28-31,33,46,50-51H,6-7,10,13,16-18,20-22H2,1-5H3,(H,42,44)/t28?,29?,30?,31-,33+,37-,38-,39-,40+/m0/s1. The lowest BCUT2D eigenvalue weighted by Crippen LogP contribution is -2.70. The average Bonchev–Trinajstić information content (AvgIpc) is 3.54. The van der Waals surface area contributed by atoms with Crippen LogP contribution in [0.1, 0.15) is 78.7 Å². The quantitative estimate of drug-likeness (QED) is 0.0904. The SMILES string of the molecule is CC(=O)NC(Cc1ccc(OC(=O)OCC(=O)[C@@]23OC(C)(C)O[C@@H]2CC2C4CCC5=CC(=O)C=C[C@]5(C)[C@@]4(F)[C@@H](O)C[C@@]23C)cc1)C(=O)OCCCCON(O)O. The molecule has 9 atom stereocenters. The van der Waals surface area contributed by atoms with E-state index in [1.54, 1.807) is 39.0 Å². The molecule has 16 nitrogen and oxygen atoms in total. The number of aliphatic hydroxyl groups is 1. The molecule has 17 heteroatoms. The maximum atomic E-state index is 17.7. The number of nitrogens with one attached hydrogen (secondary N) is 1. The zero-order valence-corrected chi connectivity index (χ0v) is 32.7. The van der Waals surface area contributed by atoms with E-state index in [1.807, 2.05) is 6.92 Å². The first-order chi connectivity index (χ1) is 26.8. The van der Waals surface area contributed by atoms with Crippen molar-refractivity contribution in [1.82, 2.24) is 10.7 Å². The Kier molecular flexibility index (Phi) is 11.9. The van der Waals surface area contributed by atoms with Gasteiger partial charge in [0.15, 0.2) is 29.4 Å². The van der Waals surface area contributed by atoms with E-state index in [0.717, 1.165) is 0 Å². The van der Waals surface area contributed by atoms with Gasteiger partial charge in [0, 0.05) is 30.1 Å². The van der Waals surface area contributed by atoms with Crippen LogP contribution in [-0.2, 0) is 49.4 Å². The molecule has 1 heterocycles. The summed E-state index contributed by atoms with van der Waals surface area (Å²) in [6.07, 6.45) is 2.59. The van der Waals surface area contributed by atoms with Crippen molar-refractivity contribution in [2.24, 2.45) is 22.7 Å². The van der Waals surface area contributed by atoms with Crippen molar-refractivity contribution in [2.75, 3.05) is 19.8 Å². The van der Waals surface area contributed by atoms with Crippen LogP contribution in [0.3, 0.4) is 0 Å². The van der Waals surface area contributed by atoms with Crippen LogP contribution in [-0.4, -0.2) is 106 Å². The van der Waals surface area contributed by atoms with Gasteiger partial charge in [-0.2, -0.15) is 0 Å². The molecule has 312 valence electrons. The molecular weight excluding hydrogens is 751 g/mol. The van der Waals surface area contributed by atoms with Gasteiger partial charge < -0.3 is 34.1 Å². The fourth-order valence-electron chi connectivity index (χ4n) is 10.2. The van der Waals surface area contributed by atoms with Gasteiger partial charge in [0.1, 0.15) is 11.8 Å². The number of carbonyl (C=O) groups is 5. The van der Waals surface area contributed by atoms with E-state index in [1.165, 1.54) is 31.2 Å². The number of Topliss-reactive ketones (excluding diaryl/α,β-unsaturated/α-hetero) is 1. The van der Waals surface area contributed by atoms with E-state index in [4.69, 9.17) is 34.1 Å². The van der Waals surface area contributed by atoms with Crippen molar-refractivity contribution in [2.45, 2.75) is 115 Å². The summed E-state index contributed by atoms with van der Waals surface area (Å²) < 4.78 is 46.4. The number of fused-ring (bicyclic) bond motifs is 7. The number of allylic oxidation sites excluding steroid dienone is 4.